The van der Waals surface area contributed by atoms with E-state index in [0.29, 0.717) is 0 Å². The lowest BCUT2D eigenvalue weighted by atomic mass is 10.2. The van der Waals surface area contributed by atoms with Crippen molar-refractivity contribution >= 4 is 14.3 Å². The maximum Gasteiger partial charge on any atom is 0.346 e. The summed E-state index contributed by atoms with van der Waals surface area (Å²) in [5.41, 5.74) is -0.268. The van der Waals surface area contributed by atoms with E-state index in [9.17, 15) is 4.79 Å². The van der Waals surface area contributed by atoms with Crippen molar-refractivity contribution in [3.8, 4) is 6.07 Å². The molecule has 0 saturated carbocycles. The standard InChI is InChI=1S/C9H15NO3Si/c1-7(13-14(2,3)4)5-8(6-10)9(11)12/h5,7H,1-4H3,(H,11,12). The van der Waals surface area contributed by atoms with Crippen molar-refractivity contribution in [1.82, 2.24) is 0 Å². The van der Waals surface area contributed by atoms with E-state index < -0.39 is 14.3 Å². The first kappa shape index (κ1) is 12.9. The number of carbonyl (C=O) groups is 1. The van der Waals surface area contributed by atoms with Crippen molar-refractivity contribution in [3.63, 3.8) is 0 Å². The maximum absolute atomic E-state index is 10.5. The van der Waals surface area contributed by atoms with E-state index in [1.165, 1.54) is 6.08 Å². The molecule has 0 aromatic rings. The summed E-state index contributed by atoms with van der Waals surface area (Å²) in [6.07, 6.45) is 1.01. The predicted octanol–water partition coefficient (Wildman–Crippen LogP) is 1.76. The molecule has 1 N–H and O–H groups in total. The molecule has 5 heteroatoms. The molecule has 78 valence electrons. The molecule has 0 aliphatic carbocycles. The molecule has 0 bridgehead atoms. The molecule has 1 atom stereocenters. The molecular weight excluding hydrogens is 198 g/mol. The molecule has 0 saturated heterocycles. The van der Waals surface area contributed by atoms with Gasteiger partial charge in [0.1, 0.15) is 11.6 Å². The molecule has 14 heavy (non-hydrogen) atoms. The van der Waals surface area contributed by atoms with Crippen LogP contribution >= 0.6 is 0 Å². The number of hydrogen-bond acceptors (Lipinski definition) is 3. The predicted molar refractivity (Wildman–Crippen MR) is 55.2 cm³/mol. The number of carboxylic acid groups (broad SMARTS) is 1. The van der Waals surface area contributed by atoms with Crippen LogP contribution in [-0.4, -0.2) is 25.5 Å². The van der Waals surface area contributed by atoms with E-state index in [1.807, 2.05) is 19.6 Å². The van der Waals surface area contributed by atoms with E-state index in [1.54, 1.807) is 13.0 Å². The third kappa shape index (κ3) is 5.51. The van der Waals surface area contributed by atoms with Gasteiger partial charge >= 0.3 is 5.97 Å². The Kier molecular flexibility index (Phi) is 4.54. The zero-order valence-corrected chi connectivity index (χ0v) is 9.87. The van der Waals surface area contributed by atoms with Crippen molar-refractivity contribution in [3.05, 3.63) is 11.6 Å². The topological polar surface area (TPSA) is 70.3 Å². The van der Waals surface area contributed by atoms with Crippen molar-refractivity contribution < 1.29 is 14.3 Å². The van der Waals surface area contributed by atoms with Crippen LogP contribution in [0, 0.1) is 11.3 Å². The summed E-state index contributed by atoms with van der Waals surface area (Å²) in [5, 5.41) is 17.1. The summed E-state index contributed by atoms with van der Waals surface area (Å²) in [4.78, 5) is 10.5. The van der Waals surface area contributed by atoms with Crippen LogP contribution in [-0.2, 0) is 9.22 Å². The Hall–Kier alpha value is -1.12. The monoisotopic (exact) mass is 213 g/mol. The fourth-order valence-corrected chi connectivity index (χ4v) is 2.17. The molecule has 0 spiro atoms. The Morgan fingerprint density at radius 1 is 1.57 bits per heavy atom. The summed E-state index contributed by atoms with van der Waals surface area (Å²) < 4.78 is 5.57. The second kappa shape index (κ2) is 4.93. The van der Waals surface area contributed by atoms with Gasteiger partial charge in [0.2, 0.25) is 0 Å². The summed E-state index contributed by atoms with van der Waals surface area (Å²) in [7, 11) is -1.68. The largest absolute Gasteiger partial charge is 0.477 e. The summed E-state index contributed by atoms with van der Waals surface area (Å²) >= 11 is 0. The van der Waals surface area contributed by atoms with Gasteiger partial charge in [-0.15, -0.1) is 0 Å². The van der Waals surface area contributed by atoms with Crippen LogP contribution in [0.1, 0.15) is 6.92 Å². The quantitative estimate of drug-likeness (QED) is 0.439. The van der Waals surface area contributed by atoms with Gasteiger partial charge in [0, 0.05) is 0 Å². The fraction of sp³-hybridized carbons (Fsp3) is 0.556. The molecule has 0 aliphatic rings. The number of carboxylic acids is 1. The van der Waals surface area contributed by atoms with E-state index in [0.717, 1.165) is 0 Å². The Morgan fingerprint density at radius 3 is 2.36 bits per heavy atom. The molecule has 0 amide bonds. The third-order valence-electron chi connectivity index (χ3n) is 1.29. The third-order valence-corrected chi connectivity index (χ3v) is 2.37. The molecule has 0 aromatic heterocycles. The van der Waals surface area contributed by atoms with Crippen molar-refractivity contribution in [2.45, 2.75) is 32.7 Å². The molecule has 0 radical (unpaired) electrons. The highest BCUT2D eigenvalue weighted by atomic mass is 28.4. The minimum atomic E-state index is -1.68. The van der Waals surface area contributed by atoms with Gasteiger partial charge in [-0.25, -0.2) is 4.79 Å². The van der Waals surface area contributed by atoms with Crippen LogP contribution in [0.2, 0.25) is 19.6 Å². The summed E-state index contributed by atoms with van der Waals surface area (Å²) in [5.74, 6) is -1.21. The van der Waals surface area contributed by atoms with Gasteiger partial charge in [-0.05, 0) is 32.6 Å². The smallest absolute Gasteiger partial charge is 0.346 e. The van der Waals surface area contributed by atoms with Gasteiger partial charge < -0.3 is 9.53 Å². The first-order valence-electron chi connectivity index (χ1n) is 4.29. The van der Waals surface area contributed by atoms with Crippen LogP contribution in [0.4, 0.5) is 0 Å². The zero-order valence-electron chi connectivity index (χ0n) is 8.87. The van der Waals surface area contributed by atoms with Gasteiger partial charge in [0.15, 0.2) is 8.32 Å². The average Bonchev–Trinajstić information content (AvgIpc) is 1.96. The Labute approximate surface area is 84.9 Å². The molecular formula is C9H15NO3Si. The van der Waals surface area contributed by atoms with Crippen molar-refractivity contribution in [2.24, 2.45) is 0 Å². The van der Waals surface area contributed by atoms with Gasteiger partial charge in [-0.3, -0.25) is 0 Å². The molecule has 0 heterocycles. The lowest BCUT2D eigenvalue weighted by molar-refractivity contribution is -0.132. The van der Waals surface area contributed by atoms with E-state index in [-0.39, 0.29) is 11.7 Å². The number of nitriles is 1. The van der Waals surface area contributed by atoms with E-state index in [4.69, 9.17) is 14.8 Å². The SMILES string of the molecule is CC(C=C(C#N)C(=O)O)O[Si](C)(C)C. The van der Waals surface area contributed by atoms with Gasteiger partial charge in [-0.2, -0.15) is 5.26 Å². The minimum Gasteiger partial charge on any atom is -0.477 e. The van der Waals surface area contributed by atoms with Gasteiger partial charge in [0.25, 0.3) is 0 Å². The second-order valence-corrected chi connectivity index (χ2v) is 8.39. The van der Waals surface area contributed by atoms with Crippen molar-refractivity contribution in [1.29, 1.82) is 5.26 Å². The number of aliphatic carboxylic acids is 1. The van der Waals surface area contributed by atoms with Crippen LogP contribution in [0.3, 0.4) is 0 Å². The molecule has 4 nitrogen and oxygen atoms in total. The lowest BCUT2D eigenvalue weighted by Crippen LogP contribution is -2.29. The molecule has 0 rings (SSSR count). The maximum atomic E-state index is 10.5. The average molecular weight is 213 g/mol. The van der Waals surface area contributed by atoms with Crippen LogP contribution < -0.4 is 0 Å². The molecule has 0 aliphatic heterocycles. The van der Waals surface area contributed by atoms with E-state index in [2.05, 4.69) is 0 Å². The van der Waals surface area contributed by atoms with Crippen LogP contribution in [0.5, 0.6) is 0 Å². The van der Waals surface area contributed by atoms with Crippen LogP contribution in [0.15, 0.2) is 11.6 Å². The van der Waals surface area contributed by atoms with E-state index >= 15 is 0 Å². The highest BCUT2D eigenvalue weighted by Gasteiger charge is 2.18. The fourth-order valence-electron chi connectivity index (χ4n) is 0.983. The Morgan fingerprint density at radius 2 is 2.07 bits per heavy atom. The van der Waals surface area contributed by atoms with Crippen LogP contribution in [0.25, 0.3) is 0 Å². The second-order valence-electron chi connectivity index (χ2n) is 3.93. The zero-order chi connectivity index (χ0) is 11.4. The number of nitrogens with zero attached hydrogens (tertiary/aromatic N) is 1. The van der Waals surface area contributed by atoms with Crippen molar-refractivity contribution in [2.75, 3.05) is 0 Å². The van der Waals surface area contributed by atoms with Gasteiger partial charge in [0.05, 0.1) is 6.10 Å². The number of rotatable bonds is 4. The Balaban J connectivity index is 4.50. The highest BCUT2D eigenvalue weighted by Crippen LogP contribution is 2.09. The molecule has 1 unspecified atom stereocenters. The normalized spacial score (nSPS) is 14.6. The van der Waals surface area contributed by atoms with Gasteiger partial charge in [-0.1, -0.05) is 0 Å². The first-order valence-corrected chi connectivity index (χ1v) is 7.70. The number of hydrogen-bond donors (Lipinski definition) is 1. The molecule has 0 aromatic carbocycles. The highest BCUT2D eigenvalue weighted by molar-refractivity contribution is 6.69. The Bertz CT molecular complexity index is 285. The minimum absolute atomic E-state index is 0.268. The summed E-state index contributed by atoms with van der Waals surface area (Å²) in [6, 6.07) is 1.62. The first-order chi connectivity index (χ1) is 6.26. The molecule has 0 fully saturated rings. The summed E-state index contributed by atoms with van der Waals surface area (Å²) in [6.45, 7) is 7.75. The lowest BCUT2D eigenvalue weighted by Gasteiger charge is -2.21.